The highest BCUT2D eigenvalue weighted by Crippen LogP contribution is 2.35. The number of anilines is 1. The molecular formula is C16H24N2O3S2. The highest BCUT2D eigenvalue weighted by atomic mass is 32.2. The van der Waals surface area contributed by atoms with Crippen molar-refractivity contribution in [1.82, 2.24) is 4.72 Å². The summed E-state index contributed by atoms with van der Waals surface area (Å²) in [6.45, 7) is 7.78. The number of benzene rings is 1. The van der Waals surface area contributed by atoms with Crippen molar-refractivity contribution in [3.63, 3.8) is 0 Å². The molecule has 0 saturated heterocycles. The van der Waals surface area contributed by atoms with Gasteiger partial charge >= 0.3 is 0 Å². The third kappa shape index (κ3) is 4.28. The zero-order valence-electron chi connectivity index (χ0n) is 14.0. The third-order valence-electron chi connectivity index (χ3n) is 3.99. The maximum Gasteiger partial charge on any atom is 0.241 e. The van der Waals surface area contributed by atoms with Crippen molar-refractivity contribution in [2.75, 3.05) is 17.2 Å². The van der Waals surface area contributed by atoms with E-state index < -0.39 is 15.6 Å². The van der Waals surface area contributed by atoms with Gasteiger partial charge in [0.2, 0.25) is 15.9 Å². The monoisotopic (exact) mass is 356 g/mol. The number of carbonyl (C=O) groups is 1. The van der Waals surface area contributed by atoms with Crippen molar-refractivity contribution in [2.45, 2.75) is 55.9 Å². The summed E-state index contributed by atoms with van der Waals surface area (Å²) >= 11 is 1.66. The molecule has 0 saturated carbocycles. The number of hydrogen-bond acceptors (Lipinski definition) is 4. The van der Waals surface area contributed by atoms with E-state index in [-0.39, 0.29) is 10.8 Å². The third-order valence-corrected chi connectivity index (χ3v) is 6.83. The lowest BCUT2D eigenvalue weighted by Crippen LogP contribution is -2.42. The minimum atomic E-state index is -3.62. The normalized spacial score (nSPS) is 15.9. The zero-order chi connectivity index (χ0) is 17.3. The van der Waals surface area contributed by atoms with Gasteiger partial charge in [-0.05, 0) is 50.6 Å². The second-order valence-corrected chi connectivity index (χ2v) is 9.16. The van der Waals surface area contributed by atoms with Gasteiger partial charge < -0.3 is 4.90 Å². The average molecular weight is 357 g/mol. The van der Waals surface area contributed by atoms with E-state index >= 15 is 0 Å². The first-order valence-corrected chi connectivity index (χ1v) is 10.2. The molecule has 1 aromatic carbocycles. The fourth-order valence-corrected chi connectivity index (χ4v) is 4.82. The van der Waals surface area contributed by atoms with Crippen LogP contribution in [0.25, 0.3) is 0 Å². The number of amides is 1. The standard InChI is InChI=1S/C16H24N2O3S2/c1-5-16(3,4)17-23(20,21)13-7-8-15-14(11-13)18(12(2)19)9-6-10-22-15/h7-8,11,17H,5-6,9-10H2,1-4H3. The molecule has 5 nitrogen and oxygen atoms in total. The van der Waals surface area contributed by atoms with Crippen LogP contribution in [0.1, 0.15) is 40.5 Å². The van der Waals surface area contributed by atoms with Gasteiger partial charge in [0.05, 0.1) is 10.6 Å². The summed E-state index contributed by atoms with van der Waals surface area (Å²) in [7, 11) is -3.62. The Balaban J connectivity index is 2.45. The first kappa shape index (κ1) is 18.3. The summed E-state index contributed by atoms with van der Waals surface area (Å²) in [4.78, 5) is 14.7. The van der Waals surface area contributed by atoms with Crippen molar-refractivity contribution < 1.29 is 13.2 Å². The lowest BCUT2D eigenvalue weighted by Gasteiger charge is -2.25. The number of carbonyl (C=O) groups excluding carboxylic acids is 1. The van der Waals surface area contributed by atoms with Crippen LogP contribution in [-0.4, -0.2) is 32.2 Å². The molecule has 1 aromatic rings. The second kappa shape index (κ2) is 6.83. The molecule has 0 bridgehead atoms. The van der Waals surface area contributed by atoms with Crippen LogP contribution in [0.3, 0.4) is 0 Å². The highest BCUT2D eigenvalue weighted by molar-refractivity contribution is 7.99. The second-order valence-electron chi connectivity index (χ2n) is 6.35. The zero-order valence-corrected chi connectivity index (χ0v) is 15.7. The summed E-state index contributed by atoms with van der Waals surface area (Å²) < 4.78 is 28.0. The van der Waals surface area contributed by atoms with E-state index in [0.29, 0.717) is 18.7 Å². The first-order chi connectivity index (χ1) is 10.7. The summed E-state index contributed by atoms with van der Waals surface area (Å²) in [6.07, 6.45) is 1.58. The molecule has 1 aliphatic heterocycles. The summed E-state index contributed by atoms with van der Waals surface area (Å²) in [5, 5.41) is 0. The van der Waals surface area contributed by atoms with Crippen LogP contribution in [-0.2, 0) is 14.8 Å². The van der Waals surface area contributed by atoms with E-state index in [9.17, 15) is 13.2 Å². The molecule has 128 valence electrons. The van der Waals surface area contributed by atoms with Gasteiger partial charge in [0.15, 0.2) is 0 Å². The van der Waals surface area contributed by atoms with Crippen LogP contribution in [0.4, 0.5) is 5.69 Å². The van der Waals surface area contributed by atoms with Gasteiger partial charge in [0, 0.05) is 23.9 Å². The largest absolute Gasteiger partial charge is 0.311 e. The SMILES string of the molecule is CCC(C)(C)NS(=O)(=O)c1ccc2c(c1)N(C(C)=O)CCCS2. The molecule has 1 aliphatic rings. The van der Waals surface area contributed by atoms with Gasteiger partial charge in [-0.3, -0.25) is 4.79 Å². The molecule has 23 heavy (non-hydrogen) atoms. The minimum Gasteiger partial charge on any atom is -0.311 e. The lowest BCUT2D eigenvalue weighted by molar-refractivity contribution is -0.116. The van der Waals surface area contributed by atoms with Gasteiger partial charge in [0.1, 0.15) is 0 Å². The van der Waals surface area contributed by atoms with Gasteiger partial charge in [-0.2, -0.15) is 0 Å². The molecule has 2 rings (SSSR count). The Labute approximate surface area is 142 Å². The molecule has 0 aliphatic carbocycles. The van der Waals surface area contributed by atoms with Crippen molar-refractivity contribution in [1.29, 1.82) is 0 Å². The molecule has 0 spiro atoms. The Kier molecular flexibility index (Phi) is 5.43. The first-order valence-electron chi connectivity index (χ1n) is 7.75. The Morgan fingerprint density at radius 2 is 2.09 bits per heavy atom. The number of sulfonamides is 1. The summed E-state index contributed by atoms with van der Waals surface area (Å²) in [5.74, 6) is 0.856. The maximum atomic E-state index is 12.6. The Hall–Kier alpha value is -1.05. The van der Waals surface area contributed by atoms with Crippen LogP contribution in [0, 0.1) is 0 Å². The number of thioether (sulfide) groups is 1. The Bertz CT molecular complexity index is 699. The van der Waals surface area contributed by atoms with E-state index in [1.165, 1.54) is 6.92 Å². The van der Waals surface area contributed by atoms with Crippen LogP contribution in [0.2, 0.25) is 0 Å². The van der Waals surface area contributed by atoms with E-state index in [1.807, 2.05) is 20.8 Å². The molecule has 0 radical (unpaired) electrons. The number of rotatable bonds is 4. The van der Waals surface area contributed by atoms with Gasteiger partial charge in [-0.15, -0.1) is 11.8 Å². The molecule has 0 aromatic heterocycles. The van der Waals surface area contributed by atoms with Crippen molar-refractivity contribution >= 4 is 33.4 Å². The van der Waals surface area contributed by atoms with Crippen LogP contribution in [0.15, 0.2) is 28.0 Å². The highest BCUT2D eigenvalue weighted by Gasteiger charge is 2.27. The summed E-state index contributed by atoms with van der Waals surface area (Å²) in [6, 6.07) is 5.03. The Morgan fingerprint density at radius 3 is 2.70 bits per heavy atom. The molecule has 7 heteroatoms. The maximum absolute atomic E-state index is 12.6. The molecular weight excluding hydrogens is 332 g/mol. The molecule has 1 amide bonds. The number of fused-ring (bicyclic) bond motifs is 1. The topological polar surface area (TPSA) is 66.5 Å². The summed E-state index contributed by atoms with van der Waals surface area (Å²) in [5.41, 5.74) is 0.179. The van der Waals surface area contributed by atoms with Crippen LogP contribution >= 0.6 is 11.8 Å². The Morgan fingerprint density at radius 1 is 1.39 bits per heavy atom. The predicted molar refractivity (Wildman–Crippen MR) is 94.5 cm³/mol. The van der Waals surface area contributed by atoms with E-state index in [1.54, 1.807) is 34.9 Å². The number of nitrogens with zero attached hydrogens (tertiary/aromatic N) is 1. The van der Waals surface area contributed by atoms with Crippen molar-refractivity contribution in [3.05, 3.63) is 18.2 Å². The van der Waals surface area contributed by atoms with Gasteiger partial charge in [-0.1, -0.05) is 6.92 Å². The van der Waals surface area contributed by atoms with Gasteiger partial charge in [0.25, 0.3) is 0 Å². The van der Waals surface area contributed by atoms with Gasteiger partial charge in [-0.25, -0.2) is 13.1 Å². The molecule has 0 fully saturated rings. The van der Waals surface area contributed by atoms with E-state index in [2.05, 4.69) is 4.72 Å². The lowest BCUT2D eigenvalue weighted by atomic mass is 10.0. The predicted octanol–water partition coefficient (Wildman–Crippen LogP) is 3.00. The number of nitrogens with one attached hydrogen (secondary N) is 1. The molecule has 0 atom stereocenters. The quantitative estimate of drug-likeness (QED) is 0.900. The van der Waals surface area contributed by atoms with Crippen LogP contribution in [0.5, 0.6) is 0 Å². The average Bonchev–Trinajstić information content (AvgIpc) is 2.67. The fourth-order valence-electron chi connectivity index (χ4n) is 2.34. The molecule has 0 unspecified atom stereocenters. The minimum absolute atomic E-state index is 0.0647. The van der Waals surface area contributed by atoms with Crippen LogP contribution < -0.4 is 9.62 Å². The van der Waals surface area contributed by atoms with E-state index in [4.69, 9.17) is 0 Å². The van der Waals surface area contributed by atoms with Crippen molar-refractivity contribution in [3.8, 4) is 0 Å². The van der Waals surface area contributed by atoms with E-state index in [0.717, 1.165) is 17.1 Å². The molecule has 1 N–H and O–H groups in total. The molecule has 1 heterocycles. The number of hydrogen-bond donors (Lipinski definition) is 1. The smallest absolute Gasteiger partial charge is 0.241 e. The van der Waals surface area contributed by atoms with Crippen molar-refractivity contribution in [2.24, 2.45) is 0 Å². The fraction of sp³-hybridized carbons (Fsp3) is 0.562.